The fraction of sp³-hybridized carbons (Fsp3) is 0.158. The fourth-order valence-electron chi connectivity index (χ4n) is 2.20. The Hall–Kier alpha value is -3.75. The molecular weight excluding hydrogens is 369 g/mol. The maximum Gasteiger partial charge on any atom is 0.326 e. The molecule has 4 amide bonds. The Morgan fingerprint density at radius 3 is 2.39 bits per heavy atom. The summed E-state index contributed by atoms with van der Waals surface area (Å²) in [4.78, 5) is 47.7. The zero-order chi connectivity index (χ0) is 20.5. The zero-order valence-corrected chi connectivity index (χ0v) is 14.9. The van der Waals surface area contributed by atoms with Crippen molar-refractivity contribution in [2.24, 2.45) is 0 Å². The number of carbonyl (C=O) groups excluding carboxylic acids is 4. The highest BCUT2D eigenvalue weighted by molar-refractivity contribution is 5.98. The van der Waals surface area contributed by atoms with Gasteiger partial charge < -0.3 is 15.4 Å². The Balaban J connectivity index is 2.02. The Kier molecular flexibility index (Phi) is 7.21. The third kappa shape index (κ3) is 5.90. The lowest BCUT2D eigenvalue weighted by Crippen LogP contribution is -2.42. The summed E-state index contributed by atoms with van der Waals surface area (Å²) in [5, 5.41) is 6.54. The summed E-state index contributed by atoms with van der Waals surface area (Å²) in [5.74, 6) is -3.03. The molecule has 28 heavy (non-hydrogen) atoms. The SMILES string of the molecule is CNC(=O)NC(=O)[C@H](OC(=O)CNC(=O)c1cccc(F)c1)c1ccccc1. The summed E-state index contributed by atoms with van der Waals surface area (Å²) >= 11 is 0. The molecule has 0 radical (unpaired) electrons. The normalized spacial score (nSPS) is 11.1. The van der Waals surface area contributed by atoms with E-state index in [1.807, 2.05) is 5.32 Å². The van der Waals surface area contributed by atoms with Gasteiger partial charge in [0.25, 0.3) is 11.8 Å². The molecule has 0 aliphatic carbocycles. The lowest BCUT2D eigenvalue weighted by atomic mass is 10.1. The molecule has 1 atom stereocenters. The summed E-state index contributed by atoms with van der Waals surface area (Å²) in [5.41, 5.74) is 0.374. The molecule has 0 aliphatic heterocycles. The quantitative estimate of drug-likeness (QED) is 0.647. The first-order chi connectivity index (χ1) is 13.4. The Morgan fingerprint density at radius 2 is 1.75 bits per heavy atom. The van der Waals surface area contributed by atoms with Crippen LogP contribution in [-0.4, -0.2) is 37.4 Å². The van der Waals surface area contributed by atoms with Crippen LogP contribution in [0.5, 0.6) is 0 Å². The van der Waals surface area contributed by atoms with Gasteiger partial charge in [-0.15, -0.1) is 0 Å². The number of rotatable bonds is 6. The number of hydrogen-bond donors (Lipinski definition) is 3. The second kappa shape index (κ2) is 9.81. The van der Waals surface area contributed by atoms with E-state index in [0.717, 1.165) is 6.07 Å². The largest absolute Gasteiger partial charge is 0.446 e. The average Bonchev–Trinajstić information content (AvgIpc) is 2.70. The van der Waals surface area contributed by atoms with E-state index in [1.165, 1.54) is 25.2 Å². The van der Waals surface area contributed by atoms with Gasteiger partial charge in [0.15, 0.2) is 0 Å². The molecule has 2 aromatic rings. The minimum Gasteiger partial charge on any atom is -0.446 e. The number of halogens is 1. The molecule has 146 valence electrons. The van der Waals surface area contributed by atoms with Crippen molar-refractivity contribution in [1.82, 2.24) is 16.0 Å². The Bertz CT molecular complexity index is 873. The van der Waals surface area contributed by atoms with E-state index in [4.69, 9.17) is 4.74 Å². The number of imide groups is 1. The molecule has 0 saturated heterocycles. The molecule has 2 rings (SSSR count). The van der Waals surface area contributed by atoms with Crippen molar-refractivity contribution in [3.8, 4) is 0 Å². The van der Waals surface area contributed by atoms with E-state index >= 15 is 0 Å². The van der Waals surface area contributed by atoms with Crippen LogP contribution >= 0.6 is 0 Å². The topological polar surface area (TPSA) is 114 Å². The summed E-state index contributed by atoms with van der Waals surface area (Å²) < 4.78 is 18.3. The molecule has 8 nitrogen and oxygen atoms in total. The number of ether oxygens (including phenoxy) is 1. The van der Waals surface area contributed by atoms with Crippen molar-refractivity contribution in [2.45, 2.75) is 6.10 Å². The van der Waals surface area contributed by atoms with Gasteiger partial charge in [-0.25, -0.2) is 9.18 Å². The molecule has 2 aromatic carbocycles. The number of benzene rings is 2. The van der Waals surface area contributed by atoms with Crippen molar-refractivity contribution >= 4 is 23.8 Å². The van der Waals surface area contributed by atoms with Gasteiger partial charge in [0.1, 0.15) is 12.4 Å². The van der Waals surface area contributed by atoms with Crippen LogP contribution in [0.4, 0.5) is 9.18 Å². The molecule has 0 heterocycles. The second-order valence-corrected chi connectivity index (χ2v) is 5.54. The Labute approximate surface area is 160 Å². The molecule has 0 bridgehead atoms. The minimum atomic E-state index is -1.39. The van der Waals surface area contributed by atoms with Crippen LogP contribution in [-0.2, 0) is 14.3 Å². The van der Waals surface area contributed by atoms with Gasteiger partial charge in [-0.1, -0.05) is 36.4 Å². The number of amides is 4. The van der Waals surface area contributed by atoms with E-state index in [-0.39, 0.29) is 5.56 Å². The van der Waals surface area contributed by atoms with Gasteiger partial charge in [0.2, 0.25) is 6.10 Å². The number of hydrogen-bond acceptors (Lipinski definition) is 5. The van der Waals surface area contributed by atoms with E-state index in [2.05, 4.69) is 10.6 Å². The molecular formula is C19H18FN3O5. The summed E-state index contributed by atoms with van der Waals surface area (Å²) in [6.45, 7) is -0.550. The van der Waals surface area contributed by atoms with Crippen molar-refractivity contribution < 1.29 is 28.3 Å². The standard InChI is InChI=1S/C19H18FN3O5/c1-21-19(27)23-18(26)16(12-6-3-2-4-7-12)28-15(24)11-22-17(25)13-8-5-9-14(20)10-13/h2-10,16H,11H2,1H3,(H,22,25)(H2,21,23,26,27)/t16-/m1/s1. The van der Waals surface area contributed by atoms with Gasteiger partial charge in [-0.2, -0.15) is 0 Å². The van der Waals surface area contributed by atoms with Crippen molar-refractivity contribution in [3.63, 3.8) is 0 Å². The van der Waals surface area contributed by atoms with Crippen LogP contribution in [0.1, 0.15) is 22.0 Å². The van der Waals surface area contributed by atoms with Crippen LogP contribution in [0, 0.1) is 5.82 Å². The Morgan fingerprint density at radius 1 is 1.04 bits per heavy atom. The molecule has 9 heteroatoms. The zero-order valence-electron chi connectivity index (χ0n) is 14.9. The number of esters is 1. The van der Waals surface area contributed by atoms with Gasteiger partial charge in [-0.05, 0) is 18.2 Å². The van der Waals surface area contributed by atoms with E-state index in [9.17, 15) is 23.6 Å². The lowest BCUT2D eigenvalue weighted by Gasteiger charge is -2.17. The molecule has 0 spiro atoms. The predicted octanol–water partition coefficient (Wildman–Crippen LogP) is 1.30. The summed E-state index contributed by atoms with van der Waals surface area (Å²) in [6, 6.07) is 12.2. The monoisotopic (exact) mass is 387 g/mol. The molecule has 0 fully saturated rings. The maximum absolute atomic E-state index is 13.2. The lowest BCUT2D eigenvalue weighted by molar-refractivity contribution is -0.155. The molecule has 0 aliphatic rings. The maximum atomic E-state index is 13.2. The van der Waals surface area contributed by atoms with Crippen molar-refractivity contribution in [1.29, 1.82) is 0 Å². The van der Waals surface area contributed by atoms with Gasteiger partial charge in [-0.3, -0.25) is 19.7 Å². The second-order valence-electron chi connectivity index (χ2n) is 5.54. The molecule has 0 unspecified atom stereocenters. The van der Waals surface area contributed by atoms with Crippen molar-refractivity contribution in [3.05, 3.63) is 71.5 Å². The average molecular weight is 387 g/mol. The third-order valence-corrected chi connectivity index (χ3v) is 3.53. The first-order valence-electron chi connectivity index (χ1n) is 8.21. The van der Waals surface area contributed by atoms with E-state index in [1.54, 1.807) is 30.3 Å². The fourth-order valence-corrected chi connectivity index (χ4v) is 2.20. The van der Waals surface area contributed by atoms with Crippen LogP contribution in [0.2, 0.25) is 0 Å². The van der Waals surface area contributed by atoms with Crippen LogP contribution < -0.4 is 16.0 Å². The van der Waals surface area contributed by atoms with E-state index in [0.29, 0.717) is 5.56 Å². The first kappa shape index (κ1) is 20.6. The smallest absolute Gasteiger partial charge is 0.326 e. The van der Waals surface area contributed by atoms with E-state index < -0.39 is 42.3 Å². The van der Waals surface area contributed by atoms with Crippen LogP contribution in [0.3, 0.4) is 0 Å². The van der Waals surface area contributed by atoms with Gasteiger partial charge in [0, 0.05) is 18.2 Å². The molecule has 3 N–H and O–H groups in total. The number of urea groups is 1. The molecule has 0 aromatic heterocycles. The predicted molar refractivity (Wildman–Crippen MR) is 96.6 cm³/mol. The highest BCUT2D eigenvalue weighted by Crippen LogP contribution is 2.17. The molecule has 0 saturated carbocycles. The van der Waals surface area contributed by atoms with Crippen molar-refractivity contribution in [2.75, 3.05) is 13.6 Å². The first-order valence-corrected chi connectivity index (χ1v) is 8.21. The number of nitrogens with one attached hydrogen (secondary N) is 3. The highest BCUT2D eigenvalue weighted by atomic mass is 19.1. The third-order valence-electron chi connectivity index (χ3n) is 3.53. The van der Waals surface area contributed by atoms with Crippen LogP contribution in [0.25, 0.3) is 0 Å². The minimum absolute atomic E-state index is 0.0322. The highest BCUT2D eigenvalue weighted by Gasteiger charge is 2.26. The van der Waals surface area contributed by atoms with Crippen LogP contribution in [0.15, 0.2) is 54.6 Å². The van der Waals surface area contributed by atoms with Gasteiger partial charge >= 0.3 is 12.0 Å². The number of carbonyl (C=O) groups is 4. The summed E-state index contributed by atoms with van der Waals surface area (Å²) in [6.07, 6.45) is -1.39. The summed E-state index contributed by atoms with van der Waals surface area (Å²) in [7, 11) is 1.33. The van der Waals surface area contributed by atoms with Gasteiger partial charge in [0.05, 0.1) is 0 Å².